The van der Waals surface area contributed by atoms with Gasteiger partial charge >= 0.3 is 0 Å². The van der Waals surface area contributed by atoms with E-state index in [-0.39, 0.29) is 12.3 Å². The van der Waals surface area contributed by atoms with Crippen LogP contribution in [-0.4, -0.2) is 29.3 Å². The first-order valence-electron chi connectivity index (χ1n) is 7.43. The Kier molecular flexibility index (Phi) is 5.33. The molecule has 0 aliphatic heterocycles. The summed E-state index contributed by atoms with van der Waals surface area (Å²) in [6.45, 7) is 0.784. The number of amides is 2. The van der Waals surface area contributed by atoms with Gasteiger partial charge in [-0.05, 0) is 17.9 Å². The molecule has 1 aromatic carbocycles. The van der Waals surface area contributed by atoms with Crippen molar-refractivity contribution in [3.63, 3.8) is 0 Å². The molecule has 1 atom stereocenters. The van der Waals surface area contributed by atoms with Gasteiger partial charge in [0.05, 0.1) is 6.04 Å². The Labute approximate surface area is 125 Å². The monoisotopic (exact) mass is 289 g/mol. The topological polar surface area (TPSA) is 89.4 Å². The lowest BCUT2D eigenvalue weighted by Crippen LogP contribution is -2.44. The van der Waals surface area contributed by atoms with Crippen LogP contribution in [0, 0.1) is 5.92 Å². The van der Waals surface area contributed by atoms with Crippen molar-refractivity contribution >= 4 is 11.8 Å². The predicted molar refractivity (Wildman–Crippen MR) is 81.0 cm³/mol. The third-order valence-electron chi connectivity index (χ3n) is 3.76. The number of nitrogens with zero attached hydrogens (tertiary/aromatic N) is 1. The van der Waals surface area contributed by atoms with Crippen LogP contribution in [0.5, 0.6) is 0 Å². The molecular weight excluding hydrogens is 266 g/mol. The van der Waals surface area contributed by atoms with Crippen LogP contribution in [0.1, 0.15) is 31.2 Å². The van der Waals surface area contributed by atoms with Gasteiger partial charge in [0.15, 0.2) is 0 Å². The molecule has 1 fully saturated rings. The molecule has 0 aromatic heterocycles. The predicted octanol–water partition coefficient (Wildman–Crippen LogP) is 1.02. The highest BCUT2D eigenvalue weighted by molar-refractivity contribution is 5.82. The van der Waals surface area contributed by atoms with E-state index in [2.05, 4.69) is 0 Å². The van der Waals surface area contributed by atoms with Gasteiger partial charge in [-0.25, -0.2) is 0 Å². The van der Waals surface area contributed by atoms with E-state index >= 15 is 0 Å². The summed E-state index contributed by atoms with van der Waals surface area (Å²) in [5.74, 6) is 0.0993. The summed E-state index contributed by atoms with van der Waals surface area (Å²) in [5, 5.41) is 0. The Bertz CT molecular complexity index is 486. The van der Waals surface area contributed by atoms with E-state index < -0.39 is 11.9 Å². The lowest BCUT2D eigenvalue weighted by molar-refractivity contribution is -0.134. The van der Waals surface area contributed by atoms with Gasteiger partial charge in [-0.2, -0.15) is 0 Å². The lowest BCUT2D eigenvalue weighted by atomic mass is 10.1. The van der Waals surface area contributed by atoms with Crippen LogP contribution in [0.25, 0.3) is 0 Å². The Morgan fingerprint density at radius 1 is 1.24 bits per heavy atom. The third kappa shape index (κ3) is 5.19. The molecule has 21 heavy (non-hydrogen) atoms. The molecule has 0 heterocycles. The van der Waals surface area contributed by atoms with E-state index in [1.807, 2.05) is 30.3 Å². The summed E-state index contributed by atoms with van der Waals surface area (Å²) >= 11 is 0. The Hall–Kier alpha value is -1.88. The van der Waals surface area contributed by atoms with Crippen molar-refractivity contribution in [3.8, 4) is 0 Å². The van der Waals surface area contributed by atoms with Crippen molar-refractivity contribution in [2.75, 3.05) is 6.54 Å². The van der Waals surface area contributed by atoms with Gasteiger partial charge in [0, 0.05) is 19.5 Å². The minimum atomic E-state index is -0.478. The highest BCUT2D eigenvalue weighted by atomic mass is 16.2. The molecule has 1 aromatic rings. The molecule has 0 saturated heterocycles. The number of rotatable bonds is 8. The molecular formula is C16H23N3O2. The largest absolute Gasteiger partial charge is 0.370 e. The van der Waals surface area contributed by atoms with Crippen LogP contribution in [0.2, 0.25) is 0 Å². The van der Waals surface area contributed by atoms with E-state index in [1.54, 1.807) is 4.90 Å². The first-order chi connectivity index (χ1) is 10.1. The second kappa shape index (κ2) is 7.22. The van der Waals surface area contributed by atoms with Crippen molar-refractivity contribution in [3.05, 3.63) is 35.9 Å². The van der Waals surface area contributed by atoms with Crippen LogP contribution in [0.4, 0.5) is 0 Å². The Balaban J connectivity index is 1.99. The zero-order chi connectivity index (χ0) is 15.2. The fourth-order valence-electron chi connectivity index (χ4n) is 2.36. The maximum atomic E-state index is 12.5. The van der Waals surface area contributed by atoms with Gasteiger partial charge in [-0.3, -0.25) is 9.59 Å². The highest BCUT2D eigenvalue weighted by Gasteiger charge is 2.29. The fourth-order valence-corrected chi connectivity index (χ4v) is 2.36. The van der Waals surface area contributed by atoms with Gasteiger partial charge in [0.25, 0.3) is 0 Å². The van der Waals surface area contributed by atoms with Crippen LogP contribution >= 0.6 is 0 Å². The second-order valence-corrected chi connectivity index (χ2v) is 5.75. The molecule has 2 rings (SSSR count). The molecule has 0 unspecified atom stereocenters. The highest BCUT2D eigenvalue weighted by Crippen LogP contribution is 2.33. The minimum Gasteiger partial charge on any atom is -0.370 e. The molecule has 1 aliphatic carbocycles. The zero-order valence-corrected chi connectivity index (χ0v) is 12.2. The Morgan fingerprint density at radius 3 is 2.48 bits per heavy atom. The third-order valence-corrected chi connectivity index (χ3v) is 3.76. The SMILES string of the molecule is NC(=O)CCN(Cc1ccccc1)C(=O)[C@@H](N)CC1CC1. The van der Waals surface area contributed by atoms with Crippen molar-refractivity contribution in [2.24, 2.45) is 17.4 Å². The maximum Gasteiger partial charge on any atom is 0.239 e. The second-order valence-electron chi connectivity index (χ2n) is 5.75. The van der Waals surface area contributed by atoms with Gasteiger partial charge in [0.1, 0.15) is 0 Å². The van der Waals surface area contributed by atoms with Gasteiger partial charge in [0.2, 0.25) is 11.8 Å². The number of primary amides is 1. The standard InChI is InChI=1S/C16H23N3O2/c17-14(10-12-6-7-12)16(21)19(9-8-15(18)20)11-13-4-2-1-3-5-13/h1-5,12,14H,6-11,17H2,(H2,18,20)/t14-/m0/s1. The fraction of sp³-hybridized carbons (Fsp3) is 0.500. The summed E-state index contributed by atoms with van der Waals surface area (Å²) in [4.78, 5) is 25.1. The summed E-state index contributed by atoms with van der Waals surface area (Å²) in [6.07, 6.45) is 3.23. The first kappa shape index (κ1) is 15.5. The molecule has 5 heteroatoms. The average Bonchev–Trinajstić information content (AvgIpc) is 3.27. The van der Waals surface area contributed by atoms with Crippen LogP contribution in [-0.2, 0) is 16.1 Å². The van der Waals surface area contributed by atoms with Crippen LogP contribution in [0.3, 0.4) is 0 Å². The summed E-state index contributed by atoms with van der Waals surface area (Å²) < 4.78 is 0. The van der Waals surface area contributed by atoms with Gasteiger partial charge in [-0.1, -0.05) is 43.2 Å². The van der Waals surface area contributed by atoms with Crippen LogP contribution in [0.15, 0.2) is 30.3 Å². The van der Waals surface area contributed by atoms with Crippen molar-refractivity contribution in [1.29, 1.82) is 0 Å². The summed E-state index contributed by atoms with van der Waals surface area (Å²) in [6, 6.07) is 9.21. The number of carbonyl (C=O) groups excluding carboxylic acids is 2. The van der Waals surface area contributed by atoms with Crippen molar-refractivity contribution in [1.82, 2.24) is 4.90 Å². The summed E-state index contributed by atoms with van der Waals surface area (Å²) in [7, 11) is 0. The molecule has 1 saturated carbocycles. The molecule has 0 bridgehead atoms. The zero-order valence-electron chi connectivity index (χ0n) is 12.2. The number of benzene rings is 1. The molecule has 1 aliphatic rings. The molecule has 5 nitrogen and oxygen atoms in total. The quantitative estimate of drug-likeness (QED) is 0.748. The summed E-state index contributed by atoms with van der Waals surface area (Å²) in [5.41, 5.74) is 12.2. The number of carbonyl (C=O) groups is 2. The molecule has 0 spiro atoms. The molecule has 0 radical (unpaired) electrons. The smallest absolute Gasteiger partial charge is 0.239 e. The van der Waals surface area contributed by atoms with E-state index in [4.69, 9.17) is 11.5 Å². The normalized spacial score (nSPS) is 15.5. The van der Waals surface area contributed by atoms with Crippen LogP contribution < -0.4 is 11.5 Å². The number of hydrogen-bond acceptors (Lipinski definition) is 3. The van der Waals surface area contributed by atoms with Gasteiger partial charge in [-0.15, -0.1) is 0 Å². The van der Waals surface area contributed by atoms with E-state index in [1.165, 1.54) is 12.8 Å². The first-order valence-corrected chi connectivity index (χ1v) is 7.43. The maximum absolute atomic E-state index is 12.5. The average molecular weight is 289 g/mol. The Morgan fingerprint density at radius 2 is 1.90 bits per heavy atom. The van der Waals surface area contributed by atoms with Crippen molar-refractivity contribution in [2.45, 2.75) is 38.3 Å². The van der Waals surface area contributed by atoms with E-state index in [0.717, 1.165) is 12.0 Å². The number of nitrogens with two attached hydrogens (primary N) is 2. The number of hydrogen-bond donors (Lipinski definition) is 2. The van der Waals surface area contributed by atoms with Crippen molar-refractivity contribution < 1.29 is 9.59 Å². The lowest BCUT2D eigenvalue weighted by Gasteiger charge is -2.25. The molecule has 114 valence electrons. The molecule has 4 N–H and O–H groups in total. The van der Waals surface area contributed by atoms with E-state index in [0.29, 0.717) is 19.0 Å². The minimum absolute atomic E-state index is 0.0907. The van der Waals surface area contributed by atoms with Gasteiger partial charge < -0.3 is 16.4 Å². The van der Waals surface area contributed by atoms with E-state index in [9.17, 15) is 9.59 Å². The molecule has 2 amide bonds.